The van der Waals surface area contributed by atoms with Crippen LogP contribution in [0.1, 0.15) is 30.9 Å². The van der Waals surface area contributed by atoms with Crippen LogP contribution in [-0.4, -0.2) is 31.8 Å². The van der Waals surface area contributed by atoms with E-state index in [1.165, 1.54) is 0 Å². The Labute approximate surface area is 125 Å². The lowest BCUT2D eigenvalue weighted by Crippen LogP contribution is -2.14. The Morgan fingerprint density at radius 2 is 1.71 bits per heavy atom. The van der Waals surface area contributed by atoms with E-state index in [1.807, 2.05) is 26.8 Å². The Morgan fingerprint density at radius 1 is 1.00 bits per heavy atom. The van der Waals surface area contributed by atoms with Crippen molar-refractivity contribution in [3.8, 4) is 5.75 Å². The van der Waals surface area contributed by atoms with Gasteiger partial charge in [-0.1, -0.05) is 6.07 Å². The Bertz CT molecular complexity index is 482. The van der Waals surface area contributed by atoms with Crippen molar-refractivity contribution in [2.24, 2.45) is 0 Å². The van der Waals surface area contributed by atoms with Gasteiger partial charge in [0.1, 0.15) is 12.4 Å². The van der Waals surface area contributed by atoms with Crippen LogP contribution in [0.5, 0.6) is 5.75 Å². The van der Waals surface area contributed by atoms with Gasteiger partial charge in [0.15, 0.2) is 0 Å². The number of esters is 2. The van der Waals surface area contributed by atoms with Gasteiger partial charge in [0, 0.05) is 6.61 Å². The minimum Gasteiger partial charge on any atom is -0.463 e. The molecule has 0 N–H and O–H groups in total. The zero-order chi connectivity index (χ0) is 15.7. The molecule has 0 unspecified atom stereocenters. The maximum absolute atomic E-state index is 11.6. The maximum atomic E-state index is 11.6. The molecule has 0 spiro atoms. The Balaban J connectivity index is 2.27. The molecule has 5 nitrogen and oxygen atoms in total. The Kier molecular flexibility index (Phi) is 7.46. The summed E-state index contributed by atoms with van der Waals surface area (Å²) in [5, 5.41) is 0. The third-order valence-electron chi connectivity index (χ3n) is 2.94. The summed E-state index contributed by atoms with van der Waals surface area (Å²) in [7, 11) is 0. The molecule has 0 heterocycles. The zero-order valence-electron chi connectivity index (χ0n) is 12.8. The van der Waals surface area contributed by atoms with Gasteiger partial charge < -0.3 is 14.2 Å². The van der Waals surface area contributed by atoms with E-state index in [-0.39, 0.29) is 19.4 Å². The van der Waals surface area contributed by atoms with E-state index in [0.717, 1.165) is 11.1 Å². The van der Waals surface area contributed by atoms with Crippen LogP contribution in [-0.2, 0) is 19.1 Å². The smallest absolute Gasteiger partial charge is 0.311 e. The molecule has 116 valence electrons. The normalized spacial score (nSPS) is 10.2. The summed E-state index contributed by atoms with van der Waals surface area (Å²) in [6.45, 7) is 6.96. The van der Waals surface area contributed by atoms with Crippen LogP contribution in [0, 0.1) is 13.8 Å². The highest BCUT2D eigenvalue weighted by molar-refractivity contribution is 5.79. The fraction of sp³-hybridized carbons (Fsp3) is 0.500. The summed E-state index contributed by atoms with van der Waals surface area (Å²) >= 11 is 0. The first-order chi connectivity index (χ1) is 10.0. The van der Waals surface area contributed by atoms with Crippen molar-refractivity contribution in [3.63, 3.8) is 0 Å². The van der Waals surface area contributed by atoms with Crippen molar-refractivity contribution in [1.29, 1.82) is 0 Å². The number of carbonyl (C=O) groups is 2. The molecular weight excluding hydrogens is 272 g/mol. The van der Waals surface area contributed by atoms with E-state index in [2.05, 4.69) is 0 Å². The number of aryl methyl sites for hydroxylation is 2. The lowest BCUT2D eigenvalue weighted by molar-refractivity contribution is -0.148. The first-order valence-electron chi connectivity index (χ1n) is 7.04. The molecule has 0 bridgehead atoms. The molecule has 5 heteroatoms. The second kappa shape index (κ2) is 9.13. The minimum atomic E-state index is -0.444. The maximum Gasteiger partial charge on any atom is 0.311 e. The first kappa shape index (κ1) is 17.2. The molecule has 0 radical (unpaired) electrons. The molecule has 0 aliphatic heterocycles. The van der Waals surface area contributed by atoms with Crippen molar-refractivity contribution < 1.29 is 23.8 Å². The van der Waals surface area contributed by atoms with Crippen LogP contribution < -0.4 is 4.74 Å². The summed E-state index contributed by atoms with van der Waals surface area (Å²) in [6.07, 6.45) is 0.0101. The number of rotatable bonds is 8. The summed E-state index contributed by atoms with van der Waals surface area (Å²) in [4.78, 5) is 23.0. The summed E-state index contributed by atoms with van der Waals surface area (Å²) < 4.78 is 15.1. The average Bonchev–Trinajstić information content (AvgIpc) is 2.45. The lowest BCUT2D eigenvalue weighted by atomic mass is 10.1. The molecular formula is C16H22O5. The molecule has 0 amide bonds. The van der Waals surface area contributed by atoms with Crippen molar-refractivity contribution in [2.75, 3.05) is 19.8 Å². The van der Waals surface area contributed by atoms with Gasteiger partial charge in [-0.2, -0.15) is 0 Å². The molecule has 0 saturated heterocycles. The van der Waals surface area contributed by atoms with E-state index in [0.29, 0.717) is 19.0 Å². The fourth-order valence-electron chi connectivity index (χ4n) is 1.59. The first-order valence-corrected chi connectivity index (χ1v) is 7.04. The van der Waals surface area contributed by atoms with E-state index >= 15 is 0 Å². The van der Waals surface area contributed by atoms with Crippen molar-refractivity contribution in [1.82, 2.24) is 0 Å². The number of benzene rings is 1. The zero-order valence-corrected chi connectivity index (χ0v) is 12.8. The third kappa shape index (κ3) is 6.90. The number of hydrogen-bond acceptors (Lipinski definition) is 5. The lowest BCUT2D eigenvalue weighted by Gasteiger charge is -2.07. The monoisotopic (exact) mass is 294 g/mol. The number of hydrogen-bond donors (Lipinski definition) is 0. The summed E-state index contributed by atoms with van der Waals surface area (Å²) in [5.74, 6) is -0.375. The highest BCUT2D eigenvalue weighted by atomic mass is 16.6. The van der Waals surface area contributed by atoms with Crippen molar-refractivity contribution in [3.05, 3.63) is 29.3 Å². The molecule has 0 aromatic heterocycles. The van der Waals surface area contributed by atoms with Gasteiger partial charge in [-0.05, 0) is 44.0 Å². The molecule has 0 aliphatic carbocycles. The van der Waals surface area contributed by atoms with E-state index < -0.39 is 11.9 Å². The largest absolute Gasteiger partial charge is 0.463 e. The van der Waals surface area contributed by atoms with Crippen LogP contribution in [0.4, 0.5) is 0 Å². The topological polar surface area (TPSA) is 61.8 Å². The molecule has 0 aliphatic rings. The Morgan fingerprint density at radius 3 is 2.38 bits per heavy atom. The van der Waals surface area contributed by atoms with Gasteiger partial charge in [-0.25, -0.2) is 0 Å². The van der Waals surface area contributed by atoms with Crippen LogP contribution in [0.25, 0.3) is 0 Å². The van der Waals surface area contributed by atoms with Crippen molar-refractivity contribution >= 4 is 11.9 Å². The molecule has 0 fully saturated rings. The standard InChI is InChI=1S/C16H22O5/c1-4-19-9-10-20-15(17)7-8-16(18)21-14-6-5-12(2)13(3)11-14/h5-6,11H,4,7-10H2,1-3H3. The highest BCUT2D eigenvalue weighted by Gasteiger charge is 2.10. The second-order valence-corrected chi connectivity index (χ2v) is 4.64. The summed E-state index contributed by atoms with van der Waals surface area (Å²) in [5.41, 5.74) is 2.18. The Hall–Kier alpha value is -1.88. The predicted octanol–water partition coefficient (Wildman–Crippen LogP) is 2.57. The van der Waals surface area contributed by atoms with Crippen LogP contribution in [0.2, 0.25) is 0 Å². The van der Waals surface area contributed by atoms with Gasteiger partial charge in [0.05, 0.1) is 19.4 Å². The number of ether oxygens (including phenoxy) is 3. The van der Waals surface area contributed by atoms with Crippen LogP contribution >= 0.6 is 0 Å². The molecule has 1 rings (SSSR count). The van der Waals surface area contributed by atoms with E-state index in [9.17, 15) is 9.59 Å². The minimum absolute atomic E-state index is 0.000389. The van der Waals surface area contributed by atoms with Gasteiger partial charge >= 0.3 is 11.9 Å². The molecule has 0 atom stereocenters. The molecule has 1 aromatic rings. The van der Waals surface area contributed by atoms with Crippen LogP contribution in [0.3, 0.4) is 0 Å². The fourth-order valence-corrected chi connectivity index (χ4v) is 1.59. The van der Waals surface area contributed by atoms with Gasteiger partial charge in [-0.3, -0.25) is 9.59 Å². The van der Waals surface area contributed by atoms with Gasteiger partial charge in [-0.15, -0.1) is 0 Å². The van der Waals surface area contributed by atoms with E-state index in [1.54, 1.807) is 12.1 Å². The van der Waals surface area contributed by atoms with E-state index in [4.69, 9.17) is 14.2 Å². The molecule has 0 saturated carbocycles. The van der Waals surface area contributed by atoms with Gasteiger partial charge in [0.2, 0.25) is 0 Å². The SMILES string of the molecule is CCOCCOC(=O)CCC(=O)Oc1ccc(C)c(C)c1. The van der Waals surface area contributed by atoms with Gasteiger partial charge in [0.25, 0.3) is 0 Å². The summed E-state index contributed by atoms with van der Waals surface area (Å²) in [6, 6.07) is 5.42. The highest BCUT2D eigenvalue weighted by Crippen LogP contribution is 2.17. The average molecular weight is 294 g/mol. The predicted molar refractivity (Wildman–Crippen MR) is 78.2 cm³/mol. The third-order valence-corrected chi connectivity index (χ3v) is 2.94. The second-order valence-electron chi connectivity index (χ2n) is 4.64. The molecule has 21 heavy (non-hydrogen) atoms. The molecule has 1 aromatic carbocycles. The number of carbonyl (C=O) groups excluding carboxylic acids is 2. The van der Waals surface area contributed by atoms with Crippen molar-refractivity contribution in [2.45, 2.75) is 33.6 Å². The van der Waals surface area contributed by atoms with Crippen LogP contribution in [0.15, 0.2) is 18.2 Å². The quantitative estimate of drug-likeness (QED) is 0.419.